The second-order valence-electron chi connectivity index (χ2n) is 7.88. The van der Waals surface area contributed by atoms with Crippen LogP contribution in [0.4, 0.5) is 0 Å². The summed E-state index contributed by atoms with van der Waals surface area (Å²) >= 11 is 0. The fourth-order valence-electron chi connectivity index (χ4n) is 5.01. The molecule has 2 bridgehead atoms. The van der Waals surface area contributed by atoms with E-state index in [1.807, 2.05) is 9.80 Å². The number of fused-ring (bicyclic) bond motifs is 2. The van der Waals surface area contributed by atoms with Gasteiger partial charge in [-0.1, -0.05) is 6.42 Å². The number of hydrogen-bond acceptors (Lipinski definition) is 4. The van der Waals surface area contributed by atoms with Crippen molar-refractivity contribution in [2.24, 2.45) is 17.8 Å². The van der Waals surface area contributed by atoms with Gasteiger partial charge in [0.2, 0.25) is 11.8 Å². The molecule has 134 valence electrons. The second kappa shape index (κ2) is 7.00. The third-order valence-electron chi connectivity index (χ3n) is 6.46. The maximum Gasteiger partial charge on any atom is 0.236 e. The lowest BCUT2D eigenvalue weighted by Crippen LogP contribution is -2.54. The highest BCUT2D eigenvalue weighted by molar-refractivity contribution is 5.81. The van der Waals surface area contributed by atoms with E-state index in [0.717, 1.165) is 38.6 Å². The monoisotopic (exact) mass is 335 g/mol. The van der Waals surface area contributed by atoms with Crippen molar-refractivity contribution in [3.05, 3.63) is 0 Å². The van der Waals surface area contributed by atoms with E-state index < -0.39 is 0 Å². The Morgan fingerprint density at radius 2 is 1.58 bits per heavy atom. The average Bonchev–Trinajstić information content (AvgIpc) is 3.25. The zero-order chi connectivity index (χ0) is 16.5. The van der Waals surface area contributed by atoms with E-state index in [1.54, 1.807) is 0 Å². The average molecular weight is 335 g/mol. The molecule has 2 saturated carbocycles. The van der Waals surface area contributed by atoms with Crippen LogP contribution in [0.1, 0.15) is 25.7 Å². The van der Waals surface area contributed by atoms with E-state index in [-0.39, 0.29) is 11.8 Å². The SMILES string of the molecule is O=C(CN1CCOCC1)N1CCN(C(=O)C2CC3CCC2C3)CC1. The fraction of sp³-hybridized carbons (Fsp3) is 0.889. The van der Waals surface area contributed by atoms with Gasteiger partial charge < -0.3 is 14.5 Å². The van der Waals surface area contributed by atoms with E-state index in [1.165, 1.54) is 19.3 Å². The molecule has 4 rings (SSSR count). The summed E-state index contributed by atoms with van der Waals surface area (Å²) in [7, 11) is 0. The molecule has 0 aromatic rings. The molecule has 0 spiro atoms. The van der Waals surface area contributed by atoms with Gasteiger partial charge >= 0.3 is 0 Å². The number of nitrogens with zero attached hydrogens (tertiary/aromatic N) is 3. The Morgan fingerprint density at radius 3 is 2.21 bits per heavy atom. The maximum absolute atomic E-state index is 12.8. The molecule has 0 radical (unpaired) electrons. The van der Waals surface area contributed by atoms with Crippen LogP contribution in [-0.2, 0) is 14.3 Å². The summed E-state index contributed by atoms with van der Waals surface area (Å²) in [6.07, 6.45) is 4.96. The van der Waals surface area contributed by atoms with Gasteiger partial charge in [0.25, 0.3) is 0 Å². The number of piperazine rings is 1. The minimum absolute atomic E-state index is 0.198. The Hall–Kier alpha value is -1.14. The van der Waals surface area contributed by atoms with Crippen molar-refractivity contribution >= 4 is 11.8 Å². The van der Waals surface area contributed by atoms with Crippen LogP contribution in [0.15, 0.2) is 0 Å². The lowest BCUT2D eigenvalue weighted by Gasteiger charge is -2.38. The normalized spacial score (nSPS) is 33.9. The van der Waals surface area contributed by atoms with E-state index in [9.17, 15) is 9.59 Å². The minimum atomic E-state index is 0.198. The molecule has 3 atom stereocenters. The number of hydrogen-bond donors (Lipinski definition) is 0. The molecule has 6 heteroatoms. The van der Waals surface area contributed by atoms with Gasteiger partial charge in [-0.25, -0.2) is 0 Å². The highest BCUT2D eigenvalue weighted by Crippen LogP contribution is 2.48. The molecule has 2 aliphatic heterocycles. The molecule has 2 heterocycles. The van der Waals surface area contributed by atoms with Gasteiger partial charge in [0.15, 0.2) is 0 Å². The van der Waals surface area contributed by atoms with Crippen molar-refractivity contribution in [3.8, 4) is 0 Å². The zero-order valence-corrected chi connectivity index (χ0v) is 14.5. The molecular weight excluding hydrogens is 306 g/mol. The third kappa shape index (κ3) is 3.31. The Morgan fingerprint density at radius 1 is 0.875 bits per heavy atom. The molecule has 0 N–H and O–H groups in total. The van der Waals surface area contributed by atoms with E-state index in [0.29, 0.717) is 44.5 Å². The summed E-state index contributed by atoms with van der Waals surface area (Å²) in [4.78, 5) is 31.3. The molecule has 6 nitrogen and oxygen atoms in total. The van der Waals surface area contributed by atoms with Crippen LogP contribution in [0.5, 0.6) is 0 Å². The van der Waals surface area contributed by atoms with Crippen molar-refractivity contribution < 1.29 is 14.3 Å². The van der Waals surface area contributed by atoms with Crippen molar-refractivity contribution in [2.75, 3.05) is 59.0 Å². The van der Waals surface area contributed by atoms with Gasteiger partial charge in [0.05, 0.1) is 19.8 Å². The first-order valence-corrected chi connectivity index (χ1v) is 9.57. The second-order valence-corrected chi connectivity index (χ2v) is 7.88. The first-order valence-electron chi connectivity index (χ1n) is 9.57. The molecule has 4 aliphatic rings. The van der Waals surface area contributed by atoms with Crippen LogP contribution in [0.25, 0.3) is 0 Å². The summed E-state index contributed by atoms with van der Waals surface area (Å²) in [5.74, 6) is 2.29. The fourth-order valence-corrected chi connectivity index (χ4v) is 5.01. The van der Waals surface area contributed by atoms with Crippen LogP contribution in [0.3, 0.4) is 0 Å². The summed E-state index contributed by atoms with van der Waals surface area (Å²) in [5, 5.41) is 0. The molecule has 3 unspecified atom stereocenters. The number of amides is 2. The van der Waals surface area contributed by atoms with Gasteiger partial charge in [0, 0.05) is 45.2 Å². The first-order chi connectivity index (χ1) is 11.7. The highest BCUT2D eigenvalue weighted by atomic mass is 16.5. The van der Waals surface area contributed by atoms with E-state index in [4.69, 9.17) is 4.74 Å². The van der Waals surface area contributed by atoms with Crippen LogP contribution in [0.2, 0.25) is 0 Å². The Bertz CT molecular complexity index is 484. The summed E-state index contributed by atoms with van der Waals surface area (Å²) in [5.41, 5.74) is 0. The van der Waals surface area contributed by atoms with Gasteiger partial charge in [-0.15, -0.1) is 0 Å². The third-order valence-corrected chi connectivity index (χ3v) is 6.46. The molecule has 24 heavy (non-hydrogen) atoms. The number of carbonyl (C=O) groups excluding carboxylic acids is 2. The highest BCUT2D eigenvalue weighted by Gasteiger charge is 2.44. The Kier molecular flexibility index (Phi) is 4.77. The summed E-state index contributed by atoms with van der Waals surface area (Å²) in [6, 6.07) is 0. The number of morpholine rings is 1. The largest absolute Gasteiger partial charge is 0.379 e. The lowest BCUT2D eigenvalue weighted by atomic mass is 9.87. The van der Waals surface area contributed by atoms with E-state index >= 15 is 0 Å². The van der Waals surface area contributed by atoms with Crippen molar-refractivity contribution in [3.63, 3.8) is 0 Å². The maximum atomic E-state index is 12.8. The van der Waals surface area contributed by atoms with Gasteiger partial charge in [-0.05, 0) is 31.1 Å². The number of carbonyl (C=O) groups is 2. The van der Waals surface area contributed by atoms with Crippen LogP contribution < -0.4 is 0 Å². The predicted molar refractivity (Wildman–Crippen MR) is 89.4 cm³/mol. The first kappa shape index (κ1) is 16.3. The topological polar surface area (TPSA) is 53.1 Å². The van der Waals surface area contributed by atoms with Crippen LogP contribution in [-0.4, -0.2) is 85.5 Å². The van der Waals surface area contributed by atoms with Gasteiger partial charge in [-0.2, -0.15) is 0 Å². The molecule has 2 saturated heterocycles. The predicted octanol–water partition coefficient (Wildman–Crippen LogP) is 0.426. The molecule has 0 aromatic heterocycles. The zero-order valence-electron chi connectivity index (χ0n) is 14.5. The Balaban J connectivity index is 1.24. The van der Waals surface area contributed by atoms with Gasteiger partial charge in [0.1, 0.15) is 0 Å². The molecule has 0 aromatic carbocycles. The van der Waals surface area contributed by atoms with Crippen molar-refractivity contribution in [2.45, 2.75) is 25.7 Å². The smallest absolute Gasteiger partial charge is 0.236 e. The quantitative estimate of drug-likeness (QED) is 0.750. The van der Waals surface area contributed by atoms with Crippen molar-refractivity contribution in [1.29, 1.82) is 0 Å². The molecule has 2 aliphatic carbocycles. The van der Waals surface area contributed by atoms with Crippen LogP contribution >= 0.6 is 0 Å². The minimum Gasteiger partial charge on any atom is -0.379 e. The summed E-state index contributed by atoms with van der Waals surface area (Å²) < 4.78 is 5.33. The van der Waals surface area contributed by atoms with Crippen molar-refractivity contribution in [1.82, 2.24) is 14.7 Å². The van der Waals surface area contributed by atoms with Crippen LogP contribution in [0, 0.1) is 17.8 Å². The molecule has 4 fully saturated rings. The summed E-state index contributed by atoms with van der Waals surface area (Å²) in [6.45, 7) is 6.42. The molecule has 2 amide bonds. The number of ether oxygens (including phenoxy) is 1. The standard InChI is InChI=1S/C18H29N3O3/c22-17(13-19-7-9-24-10-8-19)20-3-5-21(6-4-20)18(23)16-12-14-1-2-15(16)11-14/h14-16H,1-13H2. The lowest BCUT2D eigenvalue weighted by molar-refractivity contribution is -0.144. The van der Waals surface area contributed by atoms with Gasteiger partial charge in [-0.3, -0.25) is 14.5 Å². The molecular formula is C18H29N3O3. The Labute approximate surface area is 144 Å². The van der Waals surface area contributed by atoms with E-state index in [2.05, 4.69) is 4.90 Å². The number of rotatable bonds is 3.